The van der Waals surface area contributed by atoms with Crippen LogP contribution in [0.15, 0.2) is 145 Å². The standard InChI is InChI=1S/C16H12O2.C11H15NO.C8H8O.C7H6O2.5C2H6/c17-16(12-6-2-1-3-7-12)14-10-13-8-4-5-9-15(13)18-11-14;1-12(2)9-8-11(13)10-6-4-3-5-7-10;1-7(9)8-5-3-2-4-6-8;8-5-6-3-1-2-4-7(6)9;5*1-2/h1-10H,11H2;3-7H,8-9H2,1-2H3;2-6H,1H3;1-5,9H;5*1-2H3. The molecule has 0 radical (unpaired) electrons. The first-order valence-corrected chi connectivity index (χ1v) is 20.7. The third kappa shape index (κ3) is 25.1. The van der Waals surface area contributed by atoms with Crippen LogP contribution in [0.4, 0.5) is 0 Å². The SMILES string of the molecule is CC.CC.CC.CC.CC.CC(=O)c1ccccc1.CN(C)CCC(=O)c1ccccc1.O=C(C1=Cc2ccccc2OC1)c1ccccc1.O=Cc1ccccc1O. The summed E-state index contributed by atoms with van der Waals surface area (Å²) >= 11 is 0. The number of aldehydes is 1. The minimum Gasteiger partial charge on any atom is -0.507 e. The Morgan fingerprint density at radius 1 is 0.593 bits per heavy atom. The van der Waals surface area contributed by atoms with E-state index in [0.29, 0.717) is 36.0 Å². The van der Waals surface area contributed by atoms with E-state index in [1.165, 1.54) is 6.07 Å². The average molecular weight is 806 g/mol. The molecule has 6 rings (SSSR count). The highest BCUT2D eigenvalue weighted by Crippen LogP contribution is 2.27. The van der Waals surface area contributed by atoms with E-state index in [9.17, 15) is 19.2 Å². The van der Waals surface area contributed by atoms with Crippen molar-refractivity contribution in [1.29, 1.82) is 0 Å². The quantitative estimate of drug-likeness (QED) is 0.123. The van der Waals surface area contributed by atoms with Gasteiger partial charge >= 0.3 is 0 Å². The number of ketones is 3. The average Bonchev–Trinajstić information content (AvgIpc) is 3.32. The summed E-state index contributed by atoms with van der Waals surface area (Å²) in [6, 6.07) is 42.1. The molecule has 0 fully saturated rings. The maximum absolute atomic E-state index is 12.3. The number of ether oxygens (including phenoxy) is 1. The van der Waals surface area contributed by atoms with Crippen molar-refractivity contribution in [3.8, 4) is 11.5 Å². The lowest BCUT2D eigenvalue weighted by molar-refractivity contribution is 0.0970. The van der Waals surface area contributed by atoms with Crippen LogP contribution >= 0.6 is 0 Å². The molecule has 0 amide bonds. The first-order chi connectivity index (χ1) is 28.7. The number of rotatable bonds is 8. The normalized spacial score (nSPS) is 9.56. The van der Waals surface area contributed by atoms with E-state index >= 15 is 0 Å². The Kier molecular flexibility index (Phi) is 37.9. The molecule has 7 nitrogen and oxygen atoms in total. The number of carbonyl (C=O) groups excluding carboxylic acids is 4. The van der Waals surface area contributed by atoms with Gasteiger partial charge in [-0.2, -0.15) is 0 Å². The maximum Gasteiger partial charge on any atom is 0.192 e. The van der Waals surface area contributed by atoms with Gasteiger partial charge in [-0.25, -0.2) is 0 Å². The van der Waals surface area contributed by atoms with E-state index in [0.717, 1.165) is 29.0 Å². The second-order valence-corrected chi connectivity index (χ2v) is 11.1. The topological polar surface area (TPSA) is 101 Å². The summed E-state index contributed by atoms with van der Waals surface area (Å²) in [5.41, 5.74) is 4.27. The van der Waals surface area contributed by atoms with Crippen molar-refractivity contribution in [3.63, 3.8) is 0 Å². The second-order valence-electron chi connectivity index (χ2n) is 11.1. The highest BCUT2D eigenvalue weighted by molar-refractivity contribution is 6.12. The molecule has 0 saturated carbocycles. The third-order valence-electron chi connectivity index (χ3n) is 7.09. The number of fused-ring (bicyclic) bond motifs is 1. The number of para-hydroxylation sites is 2. The van der Waals surface area contributed by atoms with E-state index in [2.05, 4.69) is 0 Å². The summed E-state index contributed by atoms with van der Waals surface area (Å²) in [5.74, 6) is 1.24. The number of phenols is 1. The summed E-state index contributed by atoms with van der Waals surface area (Å²) in [6.45, 7) is 22.7. The third-order valence-corrected chi connectivity index (χ3v) is 7.09. The van der Waals surface area contributed by atoms with Gasteiger partial charge in [0.05, 0.1) is 5.56 Å². The lowest BCUT2D eigenvalue weighted by atomic mass is 10.00. The largest absolute Gasteiger partial charge is 0.507 e. The van der Waals surface area contributed by atoms with Crippen molar-refractivity contribution in [2.75, 3.05) is 27.2 Å². The van der Waals surface area contributed by atoms with Crippen molar-refractivity contribution >= 4 is 29.7 Å². The van der Waals surface area contributed by atoms with Gasteiger partial charge in [-0.15, -0.1) is 0 Å². The van der Waals surface area contributed by atoms with E-state index in [1.54, 1.807) is 25.1 Å². The van der Waals surface area contributed by atoms with Crippen LogP contribution in [0.2, 0.25) is 0 Å². The predicted octanol–water partition coefficient (Wildman–Crippen LogP) is 13.4. The van der Waals surface area contributed by atoms with E-state index in [1.807, 2.05) is 210 Å². The van der Waals surface area contributed by atoms with Crippen molar-refractivity contribution in [2.45, 2.75) is 82.6 Å². The first kappa shape index (κ1) is 57.4. The van der Waals surface area contributed by atoms with Crippen LogP contribution in [0.1, 0.15) is 130 Å². The Balaban J connectivity index is -0.000000682. The fourth-order valence-corrected chi connectivity index (χ4v) is 4.38. The molecule has 0 unspecified atom stereocenters. The molecule has 0 bridgehead atoms. The Hall–Kier alpha value is -5.92. The zero-order valence-electron chi connectivity index (χ0n) is 38.0. The van der Waals surface area contributed by atoms with Crippen LogP contribution in [0.25, 0.3) is 6.08 Å². The molecule has 0 atom stereocenters. The van der Waals surface area contributed by atoms with Gasteiger partial charge in [0.25, 0.3) is 0 Å². The molecule has 59 heavy (non-hydrogen) atoms. The van der Waals surface area contributed by atoms with Crippen molar-refractivity contribution < 1.29 is 29.0 Å². The summed E-state index contributed by atoms with van der Waals surface area (Å²) in [6.07, 6.45) is 3.13. The Morgan fingerprint density at radius 3 is 1.44 bits per heavy atom. The van der Waals surface area contributed by atoms with E-state index in [4.69, 9.17) is 9.84 Å². The van der Waals surface area contributed by atoms with E-state index < -0.39 is 0 Å². The van der Waals surface area contributed by atoms with Gasteiger partial charge in [-0.05, 0) is 45.3 Å². The minimum absolute atomic E-state index is 0.0325. The van der Waals surface area contributed by atoms with Crippen LogP contribution in [0.3, 0.4) is 0 Å². The van der Waals surface area contributed by atoms with Crippen molar-refractivity contribution in [1.82, 2.24) is 4.90 Å². The van der Waals surface area contributed by atoms with Gasteiger partial charge < -0.3 is 14.7 Å². The lowest BCUT2D eigenvalue weighted by Gasteiger charge is -2.17. The van der Waals surface area contributed by atoms with Crippen LogP contribution in [0.5, 0.6) is 11.5 Å². The number of nitrogens with zero attached hydrogens (tertiary/aromatic N) is 1. The monoisotopic (exact) mass is 806 g/mol. The number of aromatic hydroxyl groups is 1. The second kappa shape index (κ2) is 38.9. The molecule has 1 N–H and O–H groups in total. The smallest absolute Gasteiger partial charge is 0.192 e. The zero-order chi connectivity index (χ0) is 45.4. The molecular weight excluding hydrogens is 735 g/mol. The molecule has 0 aromatic heterocycles. The number of hydrogen-bond acceptors (Lipinski definition) is 7. The number of hydrogen-bond donors (Lipinski definition) is 1. The van der Waals surface area contributed by atoms with Crippen LogP contribution in [-0.2, 0) is 0 Å². The molecular formula is C52H71NO6. The molecule has 5 aromatic rings. The summed E-state index contributed by atoms with van der Waals surface area (Å²) in [5, 5.41) is 8.88. The van der Waals surface area contributed by atoms with Crippen LogP contribution in [0, 0.1) is 0 Å². The van der Waals surface area contributed by atoms with E-state index in [-0.39, 0.29) is 23.1 Å². The number of Topliss-reactive ketones (excluding diaryl/α,β-unsaturated/α-hetero) is 3. The molecule has 320 valence electrons. The Labute approximate surface area is 356 Å². The van der Waals surface area contributed by atoms with Crippen LogP contribution < -0.4 is 4.74 Å². The predicted molar refractivity (Wildman–Crippen MR) is 251 cm³/mol. The molecule has 0 spiro atoms. The zero-order valence-corrected chi connectivity index (χ0v) is 38.0. The molecule has 0 aliphatic carbocycles. The fourth-order valence-electron chi connectivity index (χ4n) is 4.38. The first-order valence-electron chi connectivity index (χ1n) is 20.7. The summed E-state index contributed by atoms with van der Waals surface area (Å²) in [7, 11) is 3.94. The fraction of sp³-hybridized carbons (Fsp3) is 0.308. The molecule has 1 aliphatic heterocycles. The number of carbonyl (C=O) groups is 4. The highest BCUT2D eigenvalue weighted by atomic mass is 16.5. The van der Waals surface area contributed by atoms with Gasteiger partial charge in [0.15, 0.2) is 23.6 Å². The molecule has 0 saturated heterocycles. The van der Waals surface area contributed by atoms with Crippen molar-refractivity contribution in [2.24, 2.45) is 0 Å². The number of benzene rings is 5. The molecule has 7 heteroatoms. The number of phenolic OH excluding ortho intramolecular Hbond substituents is 1. The highest BCUT2D eigenvalue weighted by Gasteiger charge is 2.17. The summed E-state index contributed by atoms with van der Waals surface area (Å²) in [4.78, 5) is 46.5. The van der Waals surface area contributed by atoms with Gasteiger partial charge in [0.1, 0.15) is 18.1 Å². The Bertz CT molecular complexity index is 1820. The maximum atomic E-state index is 12.3. The minimum atomic E-state index is 0.0325. The van der Waals surface area contributed by atoms with Gasteiger partial charge in [0.2, 0.25) is 0 Å². The van der Waals surface area contributed by atoms with Crippen molar-refractivity contribution in [3.05, 3.63) is 173 Å². The van der Waals surface area contributed by atoms with Gasteiger partial charge in [-0.1, -0.05) is 191 Å². The Morgan fingerprint density at radius 2 is 1.02 bits per heavy atom. The van der Waals surface area contributed by atoms with Gasteiger partial charge in [0, 0.05) is 40.8 Å². The summed E-state index contributed by atoms with van der Waals surface area (Å²) < 4.78 is 5.59. The molecule has 1 heterocycles. The van der Waals surface area contributed by atoms with Crippen LogP contribution in [-0.4, -0.2) is 60.9 Å². The molecule has 1 aliphatic rings. The molecule has 5 aromatic carbocycles. The van der Waals surface area contributed by atoms with Gasteiger partial charge in [-0.3, -0.25) is 19.2 Å². The lowest BCUT2D eigenvalue weighted by Crippen LogP contribution is -2.16.